The summed E-state index contributed by atoms with van der Waals surface area (Å²) < 4.78 is 5.53. The molecule has 0 fully saturated rings. The Kier molecular flexibility index (Phi) is 5.43. The molecule has 0 saturated heterocycles. The van der Waals surface area contributed by atoms with E-state index in [1.165, 1.54) is 0 Å². The molecule has 0 spiro atoms. The van der Waals surface area contributed by atoms with Gasteiger partial charge in [-0.15, -0.1) is 0 Å². The highest BCUT2D eigenvalue weighted by molar-refractivity contribution is 6.03. The van der Waals surface area contributed by atoms with Crippen LogP contribution in [0.15, 0.2) is 60.8 Å². The summed E-state index contributed by atoms with van der Waals surface area (Å²) in [5, 5.41) is 5.97. The molecule has 3 rings (SSSR count). The number of nitrogens with zero attached hydrogens (tertiary/aromatic N) is 2. The van der Waals surface area contributed by atoms with Crippen molar-refractivity contribution in [2.45, 2.75) is 13.8 Å². The van der Waals surface area contributed by atoms with Gasteiger partial charge in [0.2, 0.25) is 5.95 Å². The number of rotatable bonds is 6. The lowest BCUT2D eigenvalue weighted by molar-refractivity contribution is 0.102. The van der Waals surface area contributed by atoms with Crippen LogP contribution in [0, 0.1) is 6.92 Å². The predicted molar refractivity (Wildman–Crippen MR) is 102 cm³/mol. The SMILES string of the molecule is CCOc1ccccc1NC(=O)c1ccnc(Nc2ccccc2C)n1. The molecular formula is C20H20N4O2. The molecule has 1 heterocycles. The quantitative estimate of drug-likeness (QED) is 0.699. The van der Waals surface area contributed by atoms with Gasteiger partial charge in [-0.1, -0.05) is 30.3 Å². The van der Waals surface area contributed by atoms with Gasteiger partial charge in [0.25, 0.3) is 5.91 Å². The number of carbonyl (C=O) groups excluding carboxylic acids is 1. The standard InChI is InChI=1S/C20H20N4O2/c1-3-26-18-11-7-6-10-16(18)22-19(25)17-12-13-21-20(24-17)23-15-9-5-4-8-14(15)2/h4-13H,3H2,1-2H3,(H,22,25)(H,21,23,24). The molecule has 132 valence electrons. The van der Waals surface area contributed by atoms with Crippen molar-refractivity contribution in [3.05, 3.63) is 72.1 Å². The normalized spacial score (nSPS) is 10.2. The molecule has 2 aromatic carbocycles. The number of hydrogen-bond donors (Lipinski definition) is 2. The van der Waals surface area contributed by atoms with Crippen LogP contribution < -0.4 is 15.4 Å². The largest absolute Gasteiger partial charge is 0.492 e. The molecule has 0 aliphatic heterocycles. The molecule has 0 aliphatic carbocycles. The van der Waals surface area contributed by atoms with Crippen molar-refractivity contribution >= 4 is 23.2 Å². The van der Waals surface area contributed by atoms with E-state index in [1.54, 1.807) is 18.3 Å². The highest BCUT2D eigenvalue weighted by Crippen LogP contribution is 2.24. The maximum atomic E-state index is 12.6. The Bertz CT molecular complexity index is 912. The van der Waals surface area contributed by atoms with Gasteiger partial charge in [0.05, 0.1) is 12.3 Å². The van der Waals surface area contributed by atoms with Crippen molar-refractivity contribution in [2.24, 2.45) is 0 Å². The fourth-order valence-electron chi connectivity index (χ4n) is 2.42. The second kappa shape index (κ2) is 8.11. The lowest BCUT2D eigenvalue weighted by Crippen LogP contribution is -2.15. The minimum absolute atomic E-state index is 0.266. The predicted octanol–water partition coefficient (Wildman–Crippen LogP) is 4.18. The Balaban J connectivity index is 1.78. The third kappa shape index (κ3) is 4.16. The van der Waals surface area contributed by atoms with Crippen LogP contribution in [0.4, 0.5) is 17.3 Å². The van der Waals surface area contributed by atoms with Gasteiger partial charge in [-0.2, -0.15) is 0 Å². The van der Waals surface area contributed by atoms with Gasteiger partial charge in [0.1, 0.15) is 11.4 Å². The maximum Gasteiger partial charge on any atom is 0.274 e. The Morgan fingerprint density at radius 2 is 1.77 bits per heavy atom. The summed E-state index contributed by atoms with van der Waals surface area (Å²) in [6.45, 7) is 4.40. The lowest BCUT2D eigenvalue weighted by atomic mass is 10.2. The summed E-state index contributed by atoms with van der Waals surface area (Å²) in [5.74, 6) is 0.660. The number of nitrogens with one attached hydrogen (secondary N) is 2. The molecule has 0 radical (unpaired) electrons. The average molecular weight is 348 g/mol. The molecule has 6 heteroatoms. The molecule has 3 aromatic rings. The Labute approximate surface area is 152 Å². The number of aryl methyl sites for hydroxylation is 1. The molecule has 0 aliphatic rings. The second-order valence-electron chi connectivity index (χ2n) is 5.59. The molecule has 6 nitrogen and oxygen atoms in total. The van der Waals surface area contributed by atoms with Gasteiger partial charge in [-0.3, -0.25) is 4.79 Å². The van der Waals surface area contributed by atoms with Crippen molar-refractivity contribution in [2.75, 3.05) is 17.2 Å². The van der Waals surface area contributed by atoms with Crippen LogP contribution >= 0.6 is 0 Å². The van der Waals surface area contributed by atoms with Crippen molar-refractivity contribution in [3.8, 4) is 5.75 Å². The number of aromatic nitrogens is 2. The van der Waals surface area contributed by atoms with Gasteiger partial charge in [0, 0.05) is 11.9 Å². The summed E-state index contributed by atoms with van der Waals surface area (Å²) in [5.41, 5.74) is 2.83. The fourth-order valence-corrected chi connectivity index (χ4v) is 2.42. The van der Waals surface area contributed by atoms with Crippen LogP contribution in [0.2, 0.25) is 0 Å². The first-order valence-corrected chi connectivity index (χ1v) is 8.36. The third-order valence-electron chi connectivity index (χ3n) is 3.71. The summed E-state index contributed by atoms with van der Waals surface area (Å²) in [6.07, 6.45) is 1.55. The molecule has 0 saturated carbocycles. The van der Waals surface area contributed by atoms with E-state index in [4.69, 9.17) is 4.74 Å². The number of amides is 1. The third-order valence-corrected chi connectivity index (χ3v) is 3.71. The van der Waals surface area contributed by atoms with Crippen LogP contribution in [0.3, 0.4) is 0 Å². The number of carbonyl (C=O) groups is 1. The molecule has 0 atom stereocenters. The number of hydrogen-bond acceptors (Lipinski definition) is 5. The molecule has 2 N–H and O–H groups in total. The van der Waals surface area contributed by atoms with E-state index in [0.717, 1.165) is 11.3 Å². The van der Waals surface area contributed by atoms with Crippen LogP contribution in [0.25, 0.3) is 0 Å². The summed E-state index contributed by atoms with van der Waals surface area (Å²) in [4.78, 5) is 21.0. The van der Waals surface area contributed by atoms with Gasteiger partial charge >= 0.3 is 0 Å². The smallest absolute Gasteiger partial charge is 0.274 e. The molecule has 1 amide bonds. The first kappa shape index (κ1) is 17.4. The van der Waals surface area contributed by atoms with Crippen LogP contribution in [-0.2, 0) is 0 Å². The average Bonchev–Trinajstić information content (AvgIpc) is 2.66. The number of anilines is 3. The van der Waals surface area contributed by atoms with Gasteiger partial charge in [-0.05, 0) is 43.7 Å². The lowest BCUT2D eigenvalue weighted by Gasteiger charge is -2.11. The van der Waals surface area contributed by atoms with E-state index in [2.05, 4.69) is 20.6 Å². The first-order chi connectivity index (χ1) is 12.7. The van der Waals surface area contributed by atoms with E-state index in [-0.39, 0.29) is 11.6 Å². The molecule has 0 unspecified atom stereocenters. The van der Waals surface area contributed by atoms with E-state index in [0.29, 0.717) is 24.0 Å². The summed E-state index contributed by atoms with van der Waals surface area (Å²) >= 11 is 0. The zero-order valence-corrected chi connectivity index (χ0v) is 14.7. The Morgan fingerprint density at radius 1 is 1.04 bits per heavy atom. The van der Waals surface area contributed by atoms with E-state index in [1.807, 2.05) is 56.3 Å². The Morgan fingerprint density at radius 3 is 2.54 bits per heavy atom. The van der Waals surface area contributed by atoms with Crippen LogP contribution in [0.5, 0.6) is 5.75 Å². The molecule has 0 bridgehead atoms. The second-order valence-corrected chi connectivity index (χ2v) is 5.59. The number of benzene rings is 2. The maximum absolute atomic E-state index is 12.6. The first-order valence-electron chi connectivity index (χ1n) is 8.36. The minimum Gasteiger partial charge on any atom is -0.492 e. The highest BCUT2D eigenvalue weighted by atomic mass is 16.5. The topological polar surface area (TPSA) is 76.1 Å². The molecule has 1 aromatic heterocycles. The van der Waals surface area contributed by atoms with Crippen molar-refractivity contribution in [1.82, 2.24) is 9.97 Å². The van der Waals surface area contributed by atoms with Crippen molar-refractivity contribution < 1.29 is 9.53 Å². The fraction of sp³-hybridized carbons (Fsp3) is 0.150. The summed E-state index contributed by atoms with van der Waals surface area (Å²) in [7, 11) is 0. The Hall–Kier alpha value is -3.41. The van der Waals surface area contributed by atoms with E-state index < -0.39 is 0 Å². The minimum atomic E-state index is -0.326. The number of ether oxygens (including phenoxy) is 1. The van der Waals surface area contributed by atoms with Crippen molar-refractivity contribution in [3.63, 3.8) is 0 Å². The molecule has 26 heavy (non-hydrogen) atoms. The highest BCUT2D eigenvalue weighted by Gasteiger charge is 2.12. The van der Waals surface area contributed by atoms with Gasteiger partial charge in [0.15, 0.2) is 0 Å². The van der Waals surface area contributed by atoms with Gasteiger partial charge < -0.3 is 15.4 Å². The van der Waals surface area contributed by atoms with Crippen molar-refractivity contribution in [1.29, 1.82) is 0 Å². The number of para-hydroxylation sites is 3. The van der Waals surface area contributed by atoms with E-state index in [9.17, 15) is 4.79 Å². The zero-order chi connectivity index (χ0) is 18.4. The summed E-state index contributed by atoms with van der Waals surface area (Å²) in [6, 6.07) is 16.7. The molecular weight excluding hydrogens is 328 g/mol. The monoisotopic (exact) mass is 348 g/mol. The van der Waals surface area contributed by atoms with Gasteiger partial charge in [-0.25, -0.2) is 9.97 Å². The van der Waals surface area contributed by atoms with E-state index >= 15 is 0 Å². The zero-order valence-electron chi connectivity index (χ0n) is 14.7. The van der Waals surface area contributed by atoms with Crippen LogP contribution in [0.1, 0.15) is 23.0 Å². The van der Waals surface area contributed by atoms with Crippen LogP contribution in [-0.4, -0.2) is 22.5 Å².